The summed E-state index contributed by atoms with van der Waals surface area (Å²) in [6.45, 7) is 2.31. The Kier molecular flexibility index (Phi) is 10.6. The summed E-state index contributed by atoms with van der Waals surface area (Å²) in [6, 6.07) is 9.28. The molecule has 1 aromatic carbocycles. The molecule has 2 aromatic rings. The fourth-order valence-corrected chi connectivity index (χ4v) is 2.30. The molecule has 30 heavy (non-hydrogen) atoms. The van der Waals surface area contributed by atoms with Gasteiger partial charge in [-0.2, -0.15) is 0 Å². The molecule has 1 heterocycles. The maximum absolute atomic E-state index is 11.7. The van der Waals surface area contributed by atoms with E-state index in [0.717, 1.165) is 30.2 Å². The van der Waals surface area contributed by atoms with Crippen molar-refractivity contribution in [2.75, 3.05) is 0 Å². The Hall–Kier alpha value is -2.85. The third-order valence-corrected chi connectivity index (χ3v) is 3.86. The van der Waals surface area contributed by atoms with Crippen LogP contribution in [-0.4, -0.2) is 34.4 Å². The summed E-state index contributed by atoms with van der Waals surface area (Å²) < 4.78 is 38.6. The number of allylic oxidation sites excluding steroid dienone is 2. The van der Waals surface area contributed by atoms with Gasteiger partial charge >= 0.3 is 13.5 Å². The number of pyridine rings is 1. The Morgan fingerprint density at radius 3 is 2.17 bits per heavy atom. The molecule has 0 aliphatic heterocycles. The first kappa shape index (κ1) is 25.2. The van der Waals surface area contributed by atoms with Crippen LogP contribution in [0.4, 0.5) is 13.2 Å². The van der Waals surface area contributed by atoms with Crippen LogP contribution in [0.25, 0.3) is 0 Å². The van der Waals surface area contributed by atoms with Gasteiger partial charge in [0.25, 0.3) is 5.91 Å². The number of ether oxygens (including phenoxy) is 1. The van der Waals surface area contributed by atoms with E-state index in [0.29, 0.717) is 5.69 Å². The molecule has 1 atom stereocenters. The number of rotatable bonds is 3. The van der Waals surface area contributed by atoms with Gasteiger partial charge in [-0.15, -0.1) is 13.2 Å². The molecule has 6 nitrogen and oxygen atoms in total. The van der Waals surface area contributed by atoms with E-state index in [4.69, 9.17) is 15.8 Å². The average molecular weight is 424 g/mol. The lowest BCUT2D eigenvalue weighted by Gasteiger charge is -2.09. The number of carbonyl (C=O) groups excluding carboxylic acids is 1. The minimum absolute atomic E-state index is 0.0968. The number of nitrogens with two attached hydrogens (primary N) is 1. The van der Waals surface area contributed by atoms with Crippen molar-refractivity contribution in [3.63, 3.8) is 0 Å². The second kappa shape index (κ2) is 12.7. The van der Waals surface area contributed by atoms with Crippen molar-refractivity contribution in [1.29, 1.82) is 0 Å². The van der Waals surface area contributed by atoms with Crippen molar-refractivity contribution in [3.8, 4) is 5.75 Å². The molecule has 4 N–H and O–H groups in total. The number of benzene rings is 1. The monoisotopic (exact) mass is 424 g/mol. The van der Waals surface area contributed by atoms with Gasteiger partial charge in [-0.05, 0) is 54.9 Å². The molecule has 1 aliphatic rings. The summed E-state index contributed by atoms with van der Waals surface area (Å²) >= 11 is 0. The Bertz CT molecular complexity index is 785. The number of nitrogens with zero attached hydrogens (tertiary/aromatic N) is 1. The first-order valence-electron chi connectivity index (χ1n) is 9.16. The quantitative estimate of drug-likeness (QED) is 0.519. The zero-order valence-electron chi connectivity index (χ0n) is 16.4. The minimum atomic E-state index is -4.74. The zero-order chi connectivity index (χ0) is 22.6. The van der Waals surface area contributed by atoms with Crippen LogP contribution < -0.4 is 15.9 Å². The molecule has 162 valence electrons. The molecular weight excluding hydrogens is 400 g/mol. The highest BCUT2D eigenvalue weighted by Gasteiger charge is 2.31. The average Bonchev–Trinajstić information content (AvgIpc) is 2.69. The van der Waals surface area contributed by atoms with Gasteiger partial charge in [0.15, 0.2) is 0 Å². The van der Waals surface area contributed by atoms with Crippen LogP contribution >= 0.6 is 0 Å². The van der Waals surface area contributed by atoms with Gasteiger partial charge in [0.05, 0.1) is 0 Å². The number of carbonyl (C=O) groups is 1. The van der Waals surface area contributed by atoms with E-state index in [1.54, 1.807) is 18.2 Å². The standard InChI is InChI=1S/C7H6BF3O3.C7H12.C6H6N2O/c9-7(10,11)14-6-3-1-5(2-4-6)8(12)13;1-7-5-3-2-4-6-7;7-6(9)5-3-1-2-4-8-5/h1-4,12-13H;2-3,7H,4-6H2,1H3;1-4H,(H2,7,9). The van der Waals surface area contributed by atoms with E-state index in [9.17, 15) is 18.0 Å². The molecule has 0 fully saturated rings. The fourth-order valence-electron chi connectivity index (χ4n) is 2.30. The van der Waals surface area contributed by atoms with Gasteiger partial charge in [0.2, 0.25) is 0 Å². The summed E-state index contributed by atoms with van der Waals surface area (Å²) in [5.74, 6) is 0.0579. The van der Waals surface area contributed by atoms with Crippen molar-refractivity contribution >= 4 is 18.5 Å². The van der Waals surface area contributed by atoms with Crippen molar-refractivity contribution in [2.45, 2.75) is 32.5 Å². The number of hydrogen-bond acceptors (Lipinski definition) is 5. The second-order valence-corrected chi connectivity index (χ2v) is 6.46. The topological polar surface area (TPSA) is 106 Å². The van der Waals surface area contributed by atoms with Crippen LogP contribution in [0.3, 0.4) is 0 Å². The Morgan fingerprint density at radius 2 is 1.83 bits per heavy atom. The first-order chi connectivity index (χ1) is 14.1. The highest BCUT2D eigenvalue weighted by Crippen LogP contribution is 2.21. The molecule has 1 aliphatic carbocycles. The van der Waals surface area contributed by atoms with Gasteiger partial charge in [-0.1, -0.05) is 37.3 Å². The smallest absolute Gasteiger partial charge is 0.423 e. The summed E-state index contributed by atoms with van der Waals surface area (Å²) in [7, 11) is -1.70. The summed E-state index contributed by atoms with van der Waals surface area (Å²) in [5, 5.41) is 17.3. The second-order valence-electron chi connectivity index (χ2n) is 6.46. The van der Waals surface area contributed by atoms with E-state index < -0.39 is 25.1 Å². The van der Waals surface area contributed by atoms with Gasteiger partial charge in [0.1, 0.15) is 11.4 Å². The van der Waals surface area contributed by atoms with Gasteiger partial charge in [-0.3, -0.25) is 9.78 Å². The first-order valence-corrected chi connectivity index (χ1v) is 9.16. The molecule has 0 saturated carbocycles. The van der Waals surface area contributed by atoms with E-state index in [1.165, 1.54) is 25.5 Å². The van der Waals surface area contributed by atoms with E-state index >= 15 is 0 Å². The van der Waals surface area contributed by atoms with Crippen molar-refractivity contribution < 1.29 is 32.8 Å². The van der Waals surface area contributed by atoms with Gasteiger partial charge in [-0.25, -0.2) is 0 Å². The normalized spacial score (nSPS) is 15.1. The van der Waals surface area contributed by atoms with Crippen LogP contribution in [0.5, 0.6) is 5.75 Å². The fraction of sp³-hybridized carbons (Fsp3) is 0.300. The maximum atomic E-state index is 11.7. The van der Waals surface area contributed by atoms with E-state index in [2.05, 4.69) is 28.8 Å². The Balaban J connectivity index is 0.000000241. The predicted octanol–water partition coefficient (Wildman–Crippen LogP) is 2.81. The number of amides is 1. The minimum Gasteiger partial charge on any atom is -0.423 e. The molecule has 1 amide bonds. The summed E-state index contributed by atoms with van der Waals surface area (Å²) in [4.78, 5) is 14.1. The van der Waals surface area contributed by atoms with Crippen LogP contribution in [0, 0.1) is 5.92 Å². The lowest BCUT2D eigenvalue weighted by Crippen LogP contribution is -2.29. The molecule has 1 aromatic heterocycles. The van der Waals surface area contributed by atoms with Crippen LogP contribution in [0.1, 0.15) is 36.7 Å². The maximum Gasteiger partial charge on any atom is 0.573 e. The molecule has 10 heteroatoms. The summed E-state index contributed by atoms with van der Waals surface area (Å²) in [5.41, 5.74) is 5.31. The van der Waals surface area contributed by atoms with Crippen molar-refractivity contribution in [1.82, 2.24) is 4.98 Å². The number of hydrogen-bond donors (Lipinski definition) is 3. The highest BCUT2D eigenvalue weighted by atomic mass is 19.4. The number of alkyl halides is 3. The molecule has 1 unspecified atom stereocenters. The SMILES string of the molecule is CC1CC=CCC1.NC(=O)c1ccccn1.OB(O)c1ccc(OC(F)(F)F)cc1. The summed E-state index contributed by atoms with van der Waals surface area (Å²) in [6.07, 6.45) is 5.37. The van der Waals surface area contributed by atoms with Gasteiger partial charge < -0.3 is 20.5 Å². The van der Waals surface area contributed by atoms with E-state index in [1.807, 2.05) is 0 Å². The highest BCUT2D eigenvalue weighted by molar-refractivity contribution is 6.58. The number of aromatic nitrogens is 1. The number of primary amides is 1. The van der Waals surface area contributed by atoms with E-state index in [-0.39, 0.29) is 5.46 Å². The van der Waals surface area contributed by atoms with Crippen molar-refractivity contribution in [3.05, 3.63) is 66.5 Å². The molecule has 0 spiro atoms. The molecule has 0 saturated heterocycles. The lowest BCUT2D eigenvalue weighted by atomic mass is 9.80. The molecule has 3 rings (SSSR count). The molecule has 0 bridgehead atoms. The Morgan fingerprint density at radius 1 is 1.17 bits per heavy atom. The van der Waals surface area contributed by atoms with Crippen LogP contribution in [-0.2, 0) is 0 Å². The third kappa shape index (κ3) is 11.2. The van der Waals surface area contributed by atoms with Crippen molar-refractivity contribution in [2.24, 2.45) is 11.7 Å². The van der Waals surface area contributed by atoms with Crippen LogP contribution in [0.2, 0.25) is 0 Å². The molecular formula is C20H24BF3N2O4. The van der Waals surface area contributed by atoms with Gasteiger partial charge in [0, 0.05) is 6.20 Å². The zero-order valence-corrected chi connectivity index (χ0v) is 16.4. The number of halogens is 3. The lowest BCUT2D eigenvalue weighted by molar-refractivity contribution is -0.274. The molecule has 0 radical (unpaired) electrons. The largest absolute Gasteiger partial charge is 0.573 e. The van der Waals surface area contributed by atoms with Crippen LogP contribution in [0.15, 0.2) is 60.8 Å². The Labute approximate surface area is 173 Å². The third-order valence-electron chi connectivity index (χ3n) is 3.86. The predicted molar refractivity (Wildman–Crippen MR) is 108 cm³/mol.